The molecule has 0 aliphatic carbocycles. The molecule has 2 aromatic rings. The van der Waals surface area contributed by atoms with Gasteiger partial charge in [0.2, 0.25) is 7.37 Å². The van der Waals surface area contributed by atoms with Crippen molar-refractivity contribution in [1.82, 2.24) is 0 Å². The Balaban J connectivity index is 1.96. The summed E-state index contributed by atoms with van der Waals surface area (Å²) in [4.78, 5) is 20.8. The van der Waals surface area contributed by atoms with Crippen LogP contribution in [0.3, 0.4) is 0 Å². The van der Waals surface area contributed by atoms with E-state index in [0.29, 0.717) is 18.8 Å². The van der Waals surface area contributed by atoms with Gasteiger partial charge in [0.25, 0.3) is 0 Å². The maximum atomic E-state index is 12.4. The summed E-state index contributed by atoms with van der Waals surface area (Å²) in [5.41, 5.74) is 7.58. The third-order valence-corrected chi connectivity index (χ3v) is 6.24. The predicted octanol–water partition coefficient (Wildman–Crippen LogP) is 3.23. The van der Waals surface area contributed by atoms with Crippen LogP contribution in [0.4, 0.5) is 0 Å². The number of aryl methyl sites for hydroxylation is 1. The lowest BCUT2D eigenvalue weighted by Crippen LogP contribution is -2.23. The fraction of sp³-hybridized carbons (Fsp3) is 0.316. The number of ether oxygens (including phenoxy) is 1. The highest BCUT2D eigenvalue weighted by Gasteiger charge is 2.28. The fourth-order valence-electron chi connectivity index (χ4n) is 2.51. The first-order valence-electron chi connectivity index (χ1n) is 8.42. The van der Waals surface area contributed by atoms with Crippen molar-refractivity contribution < 1.29 is 24.1 Å². The minimum atomic E-state index is -3.64. The normalized spacial score (nSPS) is 14.4. The second kappa shape index (κ2) is 9.53. The van der Waals surface area contributed by atoms with Crippen molar-refractivity contribution in [2.75, 3.05) is 6.16 Å². The monoisotopic (exact) mass is 377 g/mol. The van der Waals surface area contributed by atoms with Crippen LogP contribution in [0, 0.1) is 0 Å². The predicted molar refractivity (Wildman–Crippen MR) is 100 cm³/mol. The summed E-state index contributed by atoms with van der Waals surface area (Å²) in [7, 11) is -3.64. The highest BCUT2D eigenvalue weighted by molar-refractivity contribution is 7.58. The van der Waals surface area contributed by atoms with Crippen LogP contribution < -0.4 is 10.5 Å². The molecule has 140 valence electrons. The van der Waals surface area contributed by atoms with Gasteiger partial charge >= 0.3 is 5.97 Å². The second-order valence-electron chi connectivity index (χ2n) is 6.11. The molecule has 0 heterocycles. The summed E-state index contributed by atoms with van der Waals surface area (Å²) in [5, 5.41) is 8.68. The maximum Gasteiger partial charge on any atom is 0.303 e. The highest BCUT2D eigenvalue weighted by Crippen LogP contribution is 2.46. The molecule has 0 aliphatic heterocycles. The summed E-state index contributed by atoms with van der Waals surface area (Å²) in [6.45, 7) is 0.409. The molecule has 0 fully saturated rings. The highest BCUT2D eigenvalue weighted by atomic mass is 31.2. The topological polar surface area (TPSA) is 110 Å². The third kappa shape index (κ3) is 6.30. The first-order valence-corrected chi connectivity index (χ1v) is 10.3. The number of carboxylic acid groups (broad SMARTS) is 1. The van der Waals surface area contributed by atoms with E-state index in [-0.39, 0.29) is 19.0 Å². The first-order chi connectivity index (χ1) is 12.4. The molecule has 0 saturated heterocycles. The zero-order chi connectivity index (χ0) is 19.0. The largest absolute Gasteiger partial charge is 0.489 e. The zero-order valence-electron chi connectivity index (χ0n) is 14.5. The Bertz CT molecular complexity index is 766. The van der Waals surface area contributed by atoms with Crippen molar-refractivity contribution in [3.05, 3.63) is 65.7 Å². The van der Waals surface area contributed by atoms with E-state index in [4.69, 9.17) is 15.6 Å². The fourth-order valence-corrected chi connectivity index (χ4v) is 3.93. The van der Waals surface area contributed by atoms with E-state index in [1.165, 1.54) is 0 Å². The summed E-state index contributed by atoms with van der Waals surface area (Å²) >= 11 is 0. The molecule has 0 spiro atoms. The van der Waals surface area contributed by atoms with E-state index in [1.54, 1.807) is 0 Å². The smallest absolute Gasteiger partial charge is 0.303 e. The molecule has 6 nitrogen and oxygen atoms in total. The van der Waals surface area contributed by atoms with Gasteiger partial charge in [0.05, 0.1) is 5.78 Å². The molecule has 2 atom stereocenters. The van der Waals surface area contributed by atoms with Crippen LogP contribution in [0.1, 0.15) is 24.0 Å². The van der Waals surface area contributed by atoms with E-state index in [9.17, 15) is 14.3 Å². The van der Waals surface area contributed by atoms with Crippen molar-refractivity contribution in [3.63, 3.8) is 0 Å². The summed E-state index contributed by atoms with van der Waals surface area (Å²) in [6, 6.07) is 17.1. The molecular formula is C19H24NO5P. The Morgan fingerprint density at radius 3 is 2.46 bits per heavy atom. The molecule has 7 heteroatoms. The molecule has 2 aromatic carbocycles. The van der Waals surface area contributed by atoms with Crippen LogP contribution in [-0.4, -0.2) is 27.9 Å². The van der Waals surface area contributed by atoms with Crippen LogP contribution in [-0.2, 0) is 22.4 Å². The van der Waals surface area contributed by atoms with E-state index in [0.717, 1.165) is 11.1 Å². The molecule has 26 heavy (non-hydrogen) atoms. The van der Waals surface area contributed by atoms with Crippen molar-refractivity contribution >= 4 is 13.3 Å². The Labute approximate surface area is 153 Å². The molecule has 4 N–H and O–H groups in total. The Kier molecular flexibility index (Phi) is 7.39. The van der Waals surface area contributed by atoms with Crippen LogP contribution in [0.2, 0.25) is 0 Å². The lowest BCUT2D eigenvalue weighted by atomic mass is 10.1. The lowest BCUT2D eigenvalue weighted by Gasteiger charge is -2.19. The summed E-state index contributed by atoms with van der Waals surface area (Å²) in [6.07, 6.45) is 0.0801. The molecule has 0 saturated carbocycles. The average molecular weight is 377 g/mol. The van der Waals surface area contributed by atoms with Gasteiger partial charge in [-0.1, -0.05) is 48.5 Å². The van der Waals surface area contributed by atoms with Gasteiger partial charge in [-0.3, -0.25) is 9.36 Å². The number of carboxylic acids is 1. The van der Waals surface area contributed by atoms with Crippen LogP contribution in [0.5, 0.6) is 5.75 Å². The average Bonchev–Trinajstić information content (AvgIpc) is 2.64. The minimum absolute atomic E-state index is 0.0144. The Hall–Kier alpha value is -2.14. The van der Waals surface area contributed by atoms with Gasteiger partial charge in [-0.05, 0) is 30.0 Å². The molecule has 0 amide bonds. The van der Waals surface area contributed by atoms with Crippen molar-refractivity contribution in [2.45, 2.75) is 31.7 Å². The molecule has 0 aliphatic rings. The van der Waals surface area contributed by atoms with E-state index < -0.39 is 19.1 Å². The van der Waals surface area contributed by atoms with Gasteiger partial charge in [-0.15, -0.1) is 0 Å². The van der Waals surface area contributed by atoms with Crippen molar-refractivity contribution in [3.8, 4) is 5.75 Å². The van der Waals surface area contributed by atoms with Crippen LogP contribution in [0.15, 0.2) is 54.6 Å². The molecule has 2 unspecified atom stereocenters. The number of benzene rings is 2. The van der Waals surface area contributed by atoms with Crippen molar-refractivity contribution in [2.24, 2.45) is 5.73 Å². The Morgan fingerprint density at radius 2 is 1.77 bits per heavy atom. The van der Waals surface area contributed by atoms with E-state index >= 15 is 0 Å². The molecule has 0 bridgehead atoms. The Morgan fingerprint density at radius 1 is 1.12 bits per heavy atom. The number of para-hydroxylation sites is 1. The molecule has 0 radical (unpaired) electrons. The third-order valence-electron chi connectivity index (χ3n) is 4.08. The van der Waals surface area contributed by atoms with Gasteiger partial charge in [0, 0.05) is 12.6 Å². The van der Waals surface area contributed by atoms with Crippen LogP contribution >= 0.6 is 7.37 Å². The zero-order valence-corrected chi connectivity index (χ0v) is 15.3. The number of carbonyl (C=O) groups is 1. The quantitative estimate of drug-likeness (QED) is 0.549. The van der Waals surface area contributed by atoms with Gasteiger partial charge in [0.15, 0.2) is 0 Å². The van der Waals surface area contributed by atoms with Crippen molar-refractivity contribution in [1.29, 1.82) is 0 Å². The van der Waals surface area contributed by atoms with Gasteiger partial charge < -0.3 is 20.5 Å². The first kappa shape index (κ1) is 20.2. The second-order valence-corrected chi connectivity index (χ2v) is 8.73. The lowest BCUT2D eigenvalue weighted by molar-refractivity contribution is -0.137. The minimum Gasteiger partial charge on any atom is -0.489 e. The molecule has 0 aromatic heterocycles. The number of aliphatic carboxylic acids is 1. The molecule has 2 rings (SSSR count). The number of hydrogen-bond donors (Lipinski definition) is 3. The van der Waals surface area contributed by atoms with E-state index in [2.05, 4.69) is 0 Å². The molecular weight excluding hydrogens is 353 g/mol. The van der Waals surface area contributed by atoms with Gasteiger partial charge in [-0.2, -0.15) is 0 Å². The van der Waals surface area contributed by atoms with Gasteiger partial charge in [-0.25, -0.2) is 0 Å². The standard InChI is InChI=1S/C19H24NO5P/c20-18(10-11-19(21)22)26(23,24)13-12-16-8-4-5-9-17(16)25-14-15-6-2-1-3-7-15/h1-9,18H,10-14,20H2,(H,21,22)(H,23,24). The maximum absolute atomic E-state index is 12.4. The summed E-state index contributed by atoms with van der Waals surface area (Å²) in [5.74, 6) is -1.40. The number of rotatable bonds is 10. The number of hydrogen-bond acceptors (Lipinski definition) is 4. The van der Waals surface area contributed by atoms with Gasteiger partial charge in [0.1, 0.15) is 12.4 Å². The summed E-state index contributed by atoms with van der Waals surface area (Å²) < 4.78 is 18.2. The SMILES string of the molecule is NC(CCC(=O)O)P(=O)(O)CCc1ccccc1OCc1ccccc1. The van der Waals surface area contributed by atoms with E-state index in [1.807, 2.05) is 54.6 Å². The van der Waals surface area contributed by atoms with Crippen LogP contribution in [0.25, 0.3) is 0 Å². The number of nitrogens with two attached hydrogens (primary N) is 1.